The summed E-state index contributed by atoms with van der Waals surface area (Å²) in [6, 6.07) is 27.5. The van der Waals surface area contributed by atoms with Crippen LogP contribution in [0.25, 0.3) is 45.2 Å². The first kappa shape index (κ1) is 17.8. The van der Waals surface area contributed by atoms with Crippen LogP contribution in [0.3, 0.4) is 0 Å². The molecular weight excluding hydrogens is 378 g/mol. The molecule has 3 heteroatoms. The molecule has 0 saturated carbocycles. The molecule has 0 saturated heterocycles. The van der Waals surface area contributed by atoms with Crippen molar-refractivity contribution in [1.29, 1.82) is 0 Å². The average molecular weight is 399 g/mol. The van der Waals surface area contributed by atoms with Gasteiger partial charge >= 0.3 is 0 Å². The lowest BCUT2D eigenvalue weighted by atomic mass is 10.0. The second kappa shape index (κ2) is 7.06. The molecule has 0 spiro atoms. The molecule has 0 amide bonds. The summed E-state index contributed by atoms with van der Waals surface area (Å²) >= 11 is 0. The SMILES string of the molecule is Cc1nc(C2=CC=c3c(n(-c4ccccc4)c4ccccc34)=CC2)c2ccccc2n1. The number of hydrogen-bond acceptors (Lipinski definition) is 2. The largest absolute Gasteiger partial charge is 0.310 e. The molecule has 0 N–H and O–H groups in total. The van der Waals surface area contributed by atoms with E-state index in [2.05, 4.69) is 101 Å². The van der Waals surface area contributed by atoms with Crippen molar-refractivity contribution in [2.75, 3.05) is 0 Å². The van der Waals surface area contributed by atoms with Gasteiger partial charge in [-0.3, -0.25) is 0 Å². The number of fused-ring (bicyclic) bond motifs is 4. The lowest BCUT2D eigenvalue weighted by Crippen LogP contribution is -2.27. The van der Waals surface area contributed by atoms with Gasteiger partial charge in [0.15, 0.2) is 0 Å². The maximum atomic E-state index is 4.83. The number of nitrogens with zero attached hydrogens (tertiary/aromatic N) is 3. The molecule has 2 heterocycles. The minimum Gasteiger partial charge on any atom is -0.310 e. The second-order valence-electron chi connectivity index (χ2n) is 7.89. The van der Waals surface area contributed by atoms with Gasteiger partial charge in [-0.25, -0.2) is 9.97 Å². The Hall–Kier alpha value is -3.98. The predicted octanol–water partition coefficient (Wildman–Crippen LogP) is 4.93. The molecule has 6 rings (SSSR count). The van der Waals surface area contributed by atoms with Crippen LogP contribution in [0.1, 0.15) is 17.9 Å². The van der Waals surface area contributed by atoms with E-state index in [1.165, 1.54) is 32.7 Å². The summed E-state index contributed by atoms with van der Waals surface area (Å²) in [7, 11) is 0. The van der Waals surface area contributed by atoms with Crippen LogP contribution in [-0.4, -0.2) is 14.5 Å². The molecule has 31 heavy (non-hydrogen) atoms. The van der Waals surface area contributed by atoms with Gasteiger partial charge in [-0.15, -0.1) is 0 Å². The number of allylic oxidation sites excluding steroid dienone is 2. The minimum absolute atomic E-state index is 0.801. The number of aryl methyl sites for hydroxylation is 1. The minimum atomic E-state index is 0.801. The van der Waals surface area contributed by atoms with Gasteiger partial charge < -0.3 is 4.57 Å². The van der Waals surface area contributed by atoms with E-state index in [1.807, 2.05) is 13.0 Å². The van der Waals surface area contributed by atoms with E-state index in [4.69, 9.17) is 4.98 Å². The average Bonchev–Trinajstić information content (AvgIpc) is 2.96. The number of rotatable bonds is 2. The summed E-state index contributed by atoms with van der Waals surface area (Å²) in [5.74, 6) is 0.801. The smallest absolute Gasteiger partial charge is 0.126 e. The molecule has 0 atom stereocenters. The molecule has 0 unspecified atom stereocenters. The van der Waals surface area contributed by atoms with Crippen molar-refractivity contribution in [3.63, 3.8) is 0 Å². The fourth-order valence-electron chi connectivity index (χ4n) is 4.59. The van der Waals surface area contributed by atoms with Crippen LogP contribution in [0.2, 0.25) is 0 Å². The maximum absolute atomic E-state index is 4.83. The molecule has 0 radical (unpaired) electrons. The van der Waals surface area contributed by atoms with Gasteiger partial charge in [0.1, 0.15) is 5.82 Å². The van der Waals surface area contributed by atoms with Crippen LogP contribution in [0.5, 0.6) is 0 Å². The number of hydrogen-bond donors (Lipinski definition) is 0. The van der Waals surface area contributed by atoms with Gasteiger partial charge in [0, 0.05) is 21.7 Å². The third-order valence-electron chi connectivity index (χ3n) is 5.95. The molecule has 5 aromatic rings. The second-order valence-corrected chi connectivity index (χ2v) is 7.89. The van der Waals surface area contributed by atoms with E-state index in [-0.39, 0.29) is 0 Å². The lowest BCUT2D eigenvalue weighted by molar-refractivity contribution is 1.06. The van der Waals surface area contributed by atoms with E-state index >= 15 is 0 Å². The Kier molecular flexibility index (Phi) is 4.07. The first-order chi connectivity index (χ1) is 15.3. The highest BCUT2D eigenvalue weighted by molar-refractivity contribution is 5.93. The molecule has 3 nitrogen and oxygen atoms in total. The monoisotopic (exact) mass is 399 g/mol. The number of para-hydroxylation sites is 3. The van der Waals surface area contributed by atoms with Crippen molar-refractivity contribution in [2.45, 2.75) is 13.3 Å². The Labute approximate surface area is 180 Å². The molecule has 2 aromatic heterocycles. The van der Waals surface area contributed by atoms with Crippen LogP contribution >= 0.6 is 0 Å². The zero-order chi connectivity index (χ0) is 20.8. The first-order valence-corrected chi connectivity index (χ1v) is 10.6. The van der Waals surface area contributed by atoms with E-state index in [0.717, 1.165) is 28.8 Å². The maximum Gasteiger partial charge on any atom is 0.126 e. The molecule has 1 aliphatic carbocycles. The van der Waals surface area contributed by atoms with Crippen LogP contribution < -0.4 is 10.6 Å². The Balaban J connectivity index is 1.62. The summed E-state index contributed by atoms with van der Waals surface area (Å²) in [4.78, 5) is 9.45. The third-order valence-corrected chi connectivity index (χ3v) is 5.95. The topological polar surface area (TPSA) is 30.7 Å². The van der Waals surface area contributed by atoms with Crippen molar-refractivity contribution in [3.8, 4) is 5.69 Å². The Bertz CT molecular complexity index is 1610. The highest BCUT2D eigenvalue weighted by Crippen LogP contribution is 2.26. The normalized spacial score (nSPS) is 13.3. The highest BCUT2D eigenvalue weighted by atomic mass is 15.0. The third kappa shape index (κ3) is 2.89. The number of benzene rings is 3. The summed E-state index contributed by atoms with van der Waals surface area (Å²) in [5, 5.41) is 4.85. The van der Waals surface area contributed by atoms with E-state index in [0.29, 0.717) is 0 Å². The van der Waals surface area contributed by atoms with Crippen LogP contribution in [-0.2, 0) is 0 Å². The van der Waals surface area contributed by atoms with Crippen LogP contribution in [0.4, 0.5) is 0 Å². The molecule has 148 valence electrons. The Morgan fingerprint density at radius 2 is 1.48 bits per heavy atom. The van der Waals surface area contributed by atoms with Crippen molar-refractivity contribution < 1.29 is 0 Å². The van der Waals surface area contributed by atoms with Crippen molar-refractivity contribution in [2.24, 2.45) is 0 Å². The summed E-state index contributed by atoms with van der Waals surface area (Å²) in [5.41, 5.74) is 5.63. The highest BCUT2D eigenvalue weighted by Gasteiger charge is 2.14. The molecule has 0 bridgehead atoms. The first-order valence-electron chi connectivity index (χ1n) is 10.6. The van der Waals surface area contributed by atoms with Gasteiger partial charge in [0.2, 0.25) is 0 Å². The van der Waals surface area contributed by atoms with E-state index < -0.39 is 0 Å². The van der Waals surface area contributed by atoms with Crippen LogP contribution in [0, 0.1) is 6.92 Å². The quantitative estimate of drug-likeness (QED) is 0.421. The zero-order valence-corrected chi connectivity index (χ0v) is 17.3. The standard InChI is InChI=1S/C28H21N3/c1-19-29-25-13-7-5-12-24(25)28(30-19)20-15-17-23-22-11-6-8-14-26(22)31(27(23)18-16-20)21-9-3-2-4-10-21/h2-15,17-18H,16H2,1H3. The van der Waals surface area contributed by atoms with Crippen molar-refractivity contribution >= 4 is 39.5 Å². The van der Waals surface area contributed by atoms with Gasteiger partial charge in [-0.1, -0.05) is 72.8 Å². The van der Waals surface area contributed by atoms with Crippen molar-refractivity contribution in [3.05, 3.63) is 107 Å². The van der Waals surface area contributed by atoms with Gasteiger partial charge in [0.25, 0.3) is 0 Å². The molecule has 0 aliphatic heterocycles. The zero-order valence-electron chi connectivity index (χ0n) is 17.3. The molecule has 3 aromatic carbocycles. The van der Waals surface area contributed by atoms with E-state index in [1.54, 1.807) is 0 Å². The van der Waals surface area contributed by atoms with Gasteiger partial charge in [0.05, 0.1) is 22.1 Å². The van der Waals surface area contributed by atoms with Crippen molar-refractivity contribution in [1.82, 2.24) is 14.5 Å². The molecular formula is C28H21N3. The Morgan fingerprint density at radius 1 is 0.742 bits per heavy atom. The van der Waals surface area contributed by atoms with E-state index in [9.17, 15) is 0 Å². The predicted molar refractivity (Wildman–Crippen MR) is 128 cm³/mol. The Morgan fingerprint density at radius 3 is 2.35 bits per heavy atom. The van der Waals surface area contributed by atoms with Crippen LogP contribution in [0.15, 0.2) is 84.9 Å². The summed E-state index contributed by atoms with van der Waals surface area (Å²) in [6.07, 6.45) is 7.64. The summed E-state index contributed by atoms with van der Waals surface area (Å²) in [6.45, 7) is 1.96. The molecule has 0 fully saturated rings. The number of aromatic nitrogens is 3. The lowest BCUT2D eigenvalue weighted by Gasteiger charge is -2.09. The molecule has 1 aliphatic rings. The summed E-state index contributed by atoms with van der Waals surface area (Å²) < 4.78 is 2.36. The van der Waals surface area contributed by atoms with Gasteiger partial charge in [-0.05, 0) is 43.2 Å². The van der Waals surface area contributed by atoms with Gasteiger partial charge in [-0.2, -0.15) is 0 Å². The fourth-order valence-corrected chi connectivity index (χ4v) is 4.59. The fraction of sp³-hybridized carbons (Fsp3) is 0.0714.